The quantitative estimate of drug-likeness (QED) is 0.760. The van der Waals surface area contributed by atoms with Crippen LogP contribution in [0.5, 0.6) is 0 Å². The van der Waals surface area contributed by atoms with Crippen molar-refractivity contribution in [3.8, 4) is 0 Å². The average Bonchev–Trinajstić information content (AvgIpc) is 2.92. The van der Waals surface area contributed by atoms with E-state index in [0.717, 1.165) is 19.5 Å². The van der Waals surface area contributed by atoms with Gasteiger partial charge in [-0.05, 0) is 25.8 Å². The summed E-state index contributed by atoms with van der Waals surface area (Å²) in [4.78, 5) is 16.6. The molecule has 3 unspecified atom stereocenters. The van der Waals surface area contributed by atoms with Crippen LogP contribution < -0.4 is 0 Å². The van der Waals surface area contributed by atoms with E-state index in [0.29, 0.717) is 18.5 Å². The van der Waals surface area contributed by atoms with Gasteiger partial charge in [-0.3, -0.25) is 9.69 Å². The highest BCUT2D eigenvalue weighted by atomic mass is 16.3. The monoisotopic (exact) mass is 238 g/mol. The first-order chi connectivity index (χ1) is 8.29. The molecular formula is C13H22N2O2. The Labute approximate surface area is 103 Å². The SMILES string of the molecule is O=C1CC(CO)CN1C1CCN2CCCCC12. The molecule has 1 N–H and O–H groups in total. The summed E-state index contributed by atoms with van der Waals surface area (Å²) >= 11 is 0. The third kappa shape index (κ3) is 1.97. The average molecular weight is 238 g/mol. The fourth-order valence-corrected chi connectivity index (χ4v) is 3.84. The van der Waals surface area contributed by atoms with Gasteiger partial charge in [-0.15, -0.1) is 0 Å². The first-order valence-electron chi connectivity index (χ1n) is 6.94. The Morgan fingerprint density at radius 1 is 1.18 bits per heavy atom. The van der Waals surface area contributed by atoms with Crippen LogP contribution in [0.15, 0.2) is 0 Å². The molecule has 3 rings (SSSR count). The number of carbonyl (C=O) groups is 1. The largest absolute Gasteiger partial charge is 0.396 e. The summed E-state index contributed by atoms with van der Waals surface area (Å²) in [5.41, 5.74) is 0. The Kier molecular flexibility index (Phi) is 3.09. The van der Waals surface area contributed by atoms with Gasteiger partial charge in [0.1, 0.15) is 0 Å². The van der Waals surface area contributed by atoms with Crippen molar-refractivity contribution in [2.24, 2.45) is 5.92 Å². The van der Waals surface area contributed by atoms with Gasteiger partial charge in [0.05, 0.1) is 0 Å². The van der Waals surface area contributed by atoms with Crippen LogP contribution in [0, 0.1) is 5.92 Å². The Balaban J connectivity index is 1.70. The lowest BCUT2D eigenvalue weighted by atomic mass is 9.98. The molecule has 4 nitrogen and oxygen atoms in total. The van der Waals surface area contributed by atoms with E-state index < -0.39 is 0 Å². The van der Waals surface area contributed by atoms with Gasteiger partial charge < -0.3 is 10.0 Å². The molecule has 96 valence electrons. The van der Waals surface area contributed by atoms with Crippen molar-refractivity contribution in [3.05, 3.63) is 0 Å². The highest BCUT2D eigenvalue weighted by molar-refractivity contribution is 5.79. The van der Waals surface area contributed by atoms with Crippen LogP contribution in [0.3, 0.4) is 0 Å². The van der Waals surface area contributed by atoms with Crippen LogP contribution in [0.1, 0.15) is 32.1 Å². The Morgan fingerprint density at radius 2 is 2.06 bits per heavy atom. The number of rotatable bonds is 2. The molecule has 17 heavy (non-hydrogen) atoms. The van der Waals surface area contributed by atoms with E-state index in [1.807, 2.05) is 0 Å². The molecule has 0 saturated carbocycles. The second-order valence-electron chi connectivity index (χ2n) is 5.75. The molecule has 0 bridgehead atoms. The third-order valence-corrected chi connectivity index (χ3v) is 4.72. The molecule has 3 aliphatic heterocycles. The zero-order valence-corrected chi connectivity index (χ0v) is 10.3. The van der Waals surface area contributed by atoms with Crippen molar-refractivity contribution in [1.29, 1.82) is 0 Å². The fraction of sp³-hybridized carbons (Fsp3) is 0.923. The maximum Gasteiger partial charge on any atom is 0.223 e. The molecule has 0 aromatic carbocycles. The number of hydrogen-bond donors (Lipinski definition) is 1. The maximum absolute atomic E-state index is 12.0. The van der Waals surface area contributed by atoms with Crippen LogP contribution in [0.2, 0.25) is 0 Å². The van der Waals surface area contributed by atoms with E-state index in [-0.39, 0.29) is 18.4 Å². The van der Waals surface area contributed by atoms with E-state index in [1.54, 1.807) is 0 Å². The molecule has 3 saturated heterocycles. The molecule has 0 radical (unpaired) electrons. The molecule has 0 aliphatic carbocycles. The van der Waals surface area contributed by atoms with Crippen LogP contribution >= 0.6 is 0 Å². The highest BCUT2D eigenvalue weighted by Crippen LogP contribution is 2.33. The van der Waals surface area contributed by atoms with Crippen LogP contribution in [0.4, 0.5) is 0 Å². The Bertz CT molecular complexity index is 308. The molecule has 3 heterocycles. The zero-order chi connectivity index (χ0) is 11.8. The lowest BCUT2D eigenvalue weighted by Crippen LogP contribution is -2.47. The highest BCUT2D eigenvalue weighted by Gasteiger charge is 2.43. The predicted molar refractivity (Wildman–Crippen MR) is 64.5 cm³/mol. The number of fused-ring (bicyclic) bond motifs is 1. The van der Waals surface area contributed by atoms with Gasteiger partial charge in [-0.1, -0.05) is 6.42 Å². The van der Waals surface area contributed by atoms with Crippen LogP contribution in [-0.2, 0) is 4.79 Å². The maximum atomic E-state index is 12.0. The van der Waals surface area contributed by atoms with Gasteiger partial charge in [0.15, 0.2) is 0 Å². The van der Waals surface area contributed by atoms with E-state index >= 15 is 0 Å². The molecule has 0 spiro atoms. The Morgan fingerprint density at radius 3 is 2.82 bits per heavy atom. The minimum atomic E-state index is 0.156. The van der Waals surface area contributed by atoms with Gasteiger partial charge in [0.2, 0.25) is 5.91 Å². The van der Waals surface area contributed by atoms with Gasteiger partial charge >= 0.3 is 0 Å². The number of piperidine rings is 1. The van der Waals surface area contributed by atoms with E-state index in [1.165, 1.54) is 25.8 Å². The van der Waals surface area contributed by atoms with Crippen molar-refractivity contribution in [3.63, 3.8) is 0 Å². The molecule has 4 heteroatoms. The van der Waals surface area contributed by atoms with Crippen molar-refractivity contribution < 1.29 is 9.90 Å². The van der Waals surface area contributed by atoms with Crippen LogP contribution in [-0.4, -0.2) is 59.1 Å². The molecule has 3 atom stereocenters. The normalized spacial score (nSPS) is 38.8. The summed E-state index contributed by atoms with van der Waals surface area (Å²) in [6.45, 7) is 3.31. The van der Waals surface area contributed by atoms with E-state index in [4.69, 9.17) is 0 Å². The standard InChI is InChI=1S/C13H22N2O2/c16-9-10-7-13(17)15(8-10)12-4-6-14-5-2-1-3-11(12)14/h10-12,16H,1-9H2. The molecular weight excluding hydrogens is 216 g/mol. The van der Waals surface area contributed by atoms with Crippen molar-refractivity contribution in [2.45, 2.75) is 44.2 Å². The molecule has 0 aromatic heterocycles. The first-order valence-corrected chi connectivity index (χ1v) is 6.94. The van der Waals surface area contributed by atoms with Crippen molar-refractivity contribution in [1.82, 2.24) is 9.80 Å². The minimum Gasteiger partial charge on any atom is -0.396 e. The number of aliphatic hydroxyl groups is 1. The lowest BCUT2D eigenvalue weighted by molar-refractivity contribution is -0.130. The van der Waals surface area contributed by atoms with Crippen LogP contribution in [0.25, 0.3) is 0 Å². The number of nitrogens with zero attached hydrogens (tertiary/aromatic N) is 2. The minimum absolute atomic E-state index is 0.156. The number of aliphatic hydroxyl groups excluding tert-OH is 1. The number of carbonyl (C=O) groups excluding carboxylic acids is 1. The first kappa shape index (κ1) is 11.5. The van der Waals surface area contributed by atoms with Crippen molar-refractivity contribution >= 4 is 5.91 Å². The summed E-state index contributed by atoms with van der Waals surface area (Å²) in [6.07, 6.45) is 5.56. The molecule has 0 aromatic rings. The predicted octanol–water partition coefficient (Wildman–Crippen LogP) is 0.454. The Hall–Kier alpha value is -0.610. The zero-order valence-electron chi connectivity index (χ0n) is 10.3. The fourth-order valence-electron chi connectivity index (χ4n) is 3.84. The van der Waals surface area contributed by atoms with Gasteiger partial charge in [0, 0.05) is 44.1 Å². The second-order valence-corrected chi connectivity index (χ2v) is 5.75. The summed E-state index contributed by atoms with van der Waals surface area (Å²) in [5.74, 6) is 0.446. The smallest absolute Gasteiger partial charge is 0.223 e. The second kappa shape index (κ2) is 4.58. The number of likely N-dealkylation sites (tertiary alicyclic amines) is 1. The third-order valence-electron chi connectivity index (χ3n) is 4.72. The molecule has 3 fully saturated rings. The van der Waals surface area contributed by atoms with E-state index in [2.05, 4.69) is 9.80 Å². The van der Waals surface area contributed by atoms with Gasteiger partial charge in [0.25, 0.3) is 0 Å². The van der Waals surface area contributed by atoms with Crippen molar-refractivity contribution in [2.75, 3.05) is 26.2 Å². The number of hydrogen-bond acceptors (Lipinski definition) is 3. The van der Waals surface area contributed by atoms with Gasteiger partial charge in [-0.2, -0.15) is 0 Å². The summed E-state index contributed by atoms with van der Waals surface area (Å²) in [6, 6.07) is 1.03. The molecule has 3 aliphatic rings. The summed E-state index contributed by atoms with van der Waals surface area (Å²) < 4.78 is 0. The lowest BCUT2D eigenvalue weighted by Gasteiger charge is -2.36. The van der Waals surface area contributed by atoms with E-state index in [9.17, 15) is 9.90 Å². The summed E-state index contributed by atoms with van der Waals surface area (Å²) in [7, 11) is 0. The molecule has 1 amide bonds. The van der Waals surface area contributed by atoms with Gasteiger partial charge in [-0.25, -0.2) is 0 Å². The summed E-state index contributed by atoms with van der Waals surface area (Å²) in [5, 5.41) is 9.19. The number of amides is 1. The topological polar surface area (TPSA) is 43.8 Å².